The van der Waals surface area contributed by atoms with Crippen molar-refractivity contribution in [2.75, 3.05) is 11.9 Å². The van der Waals surface area contributed by atoms with E-state index in [-0.39, 0.29) is 0 Å². The van der Waals surface area contributed by atoms with Crippen molar-refractivity contribution in [2.24, 2.45) is 0 Å². The first kappa shape index (κ1) is 10.7. The lowest BCUT2D eigenvalue weighted by Gasteiger charge is -2.12. The molecule has 4 heterocycles. The molecule has 19 heavy (non-hydrogen) atoms. The van der Waals surface area contributed by atoms with Gasteiger partial charge in [-0.25, -0.2) is 4.68 Å². The molecule has 0 atom stereocenters. The SMILES string of the molecule is c1csc(-c2noc(-c3nc4n(n3)CCCN4)n2)c1. The van der Waals surface area contributed by atoms with Crippen molar-refractivity contribution >= 4 is 17.3 Å². The van der Waals surface area contributed by atoms with Gasteiger partial charge in [0.2, 0.25) is 17.6 Å². The van der Waals surface area contributed by atoms with Gasteiger partial charge in [0.15, 0.2) is 0 Å². The summed E-state index contributed by atoms with van der Waals surface area (Å²) < 4.78 is 7.06. The molecule has 1 aliphatic rings. The Morgan fingerprint density at radius 1 is 1.32 bits per heavy atom. The molecule has 0 spiro atoms. The molecule has 4 rings (SSSR count). The van der Waals surface area contributed by atoms with Crippen LogP contribution in [0.1, 0.15) is 6.42 Å². The molecule has 1 aliphatic heterocycles. The molecular weight excluding hydrogens is 264 g/mol. The fourth-order valence-corrected chi connectivity index (χ4v) is 2.62. The van der Waals surface area contributed by atoms with Crippen LogP contribution in [0.4, 0.5) is 5.95 Å². The molecule has 0 fully saturated rings. The third kappa shape index (κ3) is 1.80. The number of hydrogen-bond donors (Lipinski definition) is 1. The highest BCUT2D eigenvalue weighted by molar-refractivity contribution is 7.13. The van der Waals surface area contributed by atoms with Gasteiger partial charge in [0, 0.05) is 13.1 Å². The van der Waals surface area contributed by atoms with E-state index in [1.165, 1.54) is 0 Å². The van der Waals surface area contributed by atoms with Gasteiger partial charge in [-0.3, -0.25) is 0 Å². The summed E-state index contributed by atoms with van der Waals surface area (Å²) in [5.74, 6) is 2.16. The lowest BCUT2D eigenvalue weighted by molar-refractivity contribution is 0.429. The maximum atomic E-state index is 5.23. The smallest absolute Gasteiger partial charge is 0.297 e. The van der Waals surface area contributed by atoms with E-state index in [2.05, 4.69) is 25.5 Å². The summed E-state index contributed by atoms with van der Waals surface area (Å²) in [6.07, 6.45) is 1.04. The monoisotopic (exact) mass is 274 g/mol. The predicted molar refractivity (Wildman–Crippen MR) is 69.7 cm³/mol. The molecular formula is C11H10N6OS. The molecule has 3 aromatic heterocycles. The minimum absolute atomic E-state index is 0.354. The second-order valence-corrected chi connectivity index (χ2v) is 5.11. The standard InChI is InChI=1S/C11H10N6OS/c1-3-7(19-6-1)8-13-10(18-16-8)9-14-11-12-4-2-5-17(11)15-9/h1,3,6H,2,4-5H2,(H,12,14,15). The zero-order chi connectivity index (χ0) is 12.7. The fraction of sp³-hybridized carbons (Fsp3) is 0.273. The van der Waals surface area contributed by atoms with E-state index in [0.29, 0.717) is 17.5 Å². The van der Waals surface area contributed by atoms with Gasteiger partial charge in [-0.15, -0.1) is 16.4 Å². The van der Waals surface area contributed by atoms with Crippen molar-refractivity contribution in [3.63, 3.8) is 0 Å². The minimum Gasteiger partial charge on any atom is -0.354 e. The van der Waals surface area contributed by atoms with E-state index >= 15 is 0 Å². The first-order chi connectivity index (χ1) is 9.40. The van der Waals surface area contributed by atoms with Crippen molar-refractivity contribution < 1.29 is 4.52 Å². The van der Waals surface area contributed by atoms with E-state index in [9.17, 15) is 0 Å². The van der Waals surface area contributed by atoms with Gasteiger partial charge in [0.05, 0.1) is 4.88 Å². The Balaban J connectivity index is 1.71. The second kappa shape index (κ2) is 4.16. The first-order valence-corrected chi connectivity index (χ1v) is 6.85. The van der Waals surface area contributed by atoms with E-state index in [0.717, 1.165) is 30.3 Å². The summed E-state index contributed by atoms with van der Waals surface area (Å²) in [7, 11) is 0. The van der Waals surface area contributed by atoms with Crippen LogP contribution in [0.2, 0.25) is 0 Å². The molecule has 0 unspecified atom stereocenters. The Morgan fingerprint density at radius 2 is 2.32 bits per heavy atom. The molecule has 0 amide bonds. The molecule has 3 aromatic rings. The normalized spacial score (nSPS) is 14.1. The van der Waals surface area contributed by atoms with Gasteiger partial charge in [0.25, 0.3) is 5.89 Å². The largest absolute Gasteiger partial charge is 0.354 e. The van der Waals surface area contributed by atoms with Gasteiger partial charge in [-0.2, -0.15) is 9.97 Å². The summed E-state index contributed by atoms with van der Waals surface area (Å²) in [6.45, 7) is 1.78. The number of anilines is 1. The first-order valence-electron chi connectivity index (χ1n) is 5.97. The molecule has 96 valence electrons. The number of fused-ring (bicyclic) bond motifs is 1. The topological polar surface area (TPSA) is 81.7 Å². The minimum atomic E-state index is 0.354. The van der Waals surface area contributed by atoms with Gasteiger partial charge in [0.1, 0.15) is 0 Å². The molecule has 0 saturated carbocycles. The van der Waals surface area contributed by atoms with Crippen LogP contribution >= 0.6 is 11.3 Å². The zero-order valence-electron chi connectivity index (χ0n) is 9.91. The third-order valence-corrected chi connectivity index (χ3v) is 3.73. The zero-order valence-corrected chi connectivity index (χ0v) is 10.7. The number of hydrogen-bond acceptors (Lipinski definition) is 7. The van der Waals surface area contributed by atoms with Crippen molar-refractivity contribution in [3.8, 4) is 22.4 Å². The summed E-state index contributed by atoms with van der Waals surface area (Å²) in [4.78, 5) is 9.67. The van der Waals surface area contributed by atoms with E-state index in [1.54, 1.807) is 11.3 Å². The maximum Gasteiger partial charge on any atom is 0.297 e. The van der Waals surface area contributed by atoms with Crippen molar-refractivity contribution in [1.29, 1.82) is 0 Å². The van der Waals surface area contributed by atoms with Crippen molar-refractivity contribution in [3.05, 3.63) is 17.5 Å². The molecule has 0 aliphatic carbocycles. The summed E-state index contributed by atoms with van der Waals surface area (Å²) in [6, 6.07) is 3.90. The molecule has 0 radical (unpaired) electrons. The van der Waals surface area contributed by atoms with Gasteiger partial charge in [-0.1, -0.05) is 11.2 Å². The summed E-state index contributed by atoms with van der Waals surface area (Å²) >= 11 is 1.57. The number of nitrogens with one attached hydrogen (secondary N) is 1. The van der Waals surface area contributed by atoms with Crippen LogP contribution in [-0.2, 0) is 6.54 Å². The van der Waals surface area contributed by atoms with Gasteiger partial charge >= 0.3 is 0 Å². The molecule has 7 nitrogen and oxygen atoms in total. The highest BCUT2D eigenvalue weighted by atomic mass is 32.1. The predicted octanol–water partition coefficient (Wildman–Crippen LogP) is 1.87. The Kier molecular flexibility index (Phi) is 2.34. The summed E-state index contributed by atoms with van der Waals surface area (Å²) in [5.41, 5.74) is 0. The van der Waals surface area contributed by atoms with Crippen LogP contribution in [0.15, 0.2) is 22.0 Å². The molecule has 8 heteroatoms. The Hall–Kier alpha value is -2.22. The van der Waals surface area contributed by atoms with Crippen LogP contribution in [0.3, 0.4) is 0 Å². The average molecular weight is 274 g/mol. The van der Waals surface area contributed by atoms with Crippen LogP contribution in [0.5, 0.6) is 0 Å². The molecule has 0 bridgehead atoms. The van der Waals surface area contributed by atoms with Crippen LogP contribution in [-0.4, -0.2) is 31.4 Å². The van der Waals surface area contributed by atoms with E-state index < -0.39 is 0 Å². The van der Waals surface area contributed by atoms with Crippen LogP contribution in [0, 0.1) is 0 Å². The molecule has 0 aromatic carbocycles. The highest BCUT2D eigenvalue weighted by Crippen LogP contribution is 2.25. The quantitative estimate of drug-likeness (QED) is 0.768. The number of thiophene rings is 1. The number of aryl methyl sites for hydroxylation is 1. The van der Waals surface area contributed by atoms with E-state index in [4.69, 9.17) is 4.52 Å². The number of aromatic nitrogens is 5. The number of rotatable bonds is 2. The third-order valence-electron chi connectivity index (χ3n) is 2.86. The second-order valence-electron chi connectivity index (χ2n) is 4.16. The summed E-state index contributed by atoms with van der Waals surface area (Å²) in [5, 5.41) is 13.5. The lowest BCUT2D eigenvalue weighted by Crippen LogP contribution is -2.17. The van der Waals surface area contributed by atoms with Crippen molar-refractivity contribution in [1.82, 2.24) is 24.9 Å². The fourth-order valence-electron chi connectivity index (χ4n) is 1.97. The highest BCUT2D eigenvalue weighted by Gasteiger charge is 2.19. The van der Waals surface area contributed by atoms with E-state index in [1.807, 2.05) is 22.2 Å². The average Bonchev–Trinajstić information content (AvgIpc) is 3.17. The molecule has 1 N–H and O–H groups in total. The van der Waals surface area contributed by atoms with Gasteiger partial charge in [-0.05, 0) is 17.9 Å². The van der Waals surface area contributed by atoms with Crippen LogP contribution < -0.4 is 5.32 Å². The Labute approximate surface area is 112 Å². The Bertz CT molecular complexity index is 677. The number of nitrogens with zero attached hydrogens (tertiary/aromatic N) is 5. The molecule has 0 saturated heterocycles. The van der Waals surface area contributed by atoms with Gasteiger partial charge < -0.3 is 9.84 Å². The van der Waals surface area contributed by atoms with Crippen LogP contribution in [0.25, 0.3) is 22.4 Å². The van der Waals surface area contributed by atoms with Crippen molar-refractivity contribution in [2.45, 2.75) is 13.0 Å². The lowest BCUT2D eigenvalue weighted by atomic mass is 10.4. The Morgan fingerprint density at radius 3 is 3.16 bits per heavy atom. The maximum absolute atomic E-state index is 5.23.